The number of nitrogens with zero attached hydrogens (tertiary/aromatic N) is 7. The van der Waals surface area contributed by atoms with Crippen LogP contribution in [0, 0.1) is 0 Å². The van der Waals surface area contributed by atoms with Gasteiger partial charge in [0, 0.05) is 66.7 Å². The maximum absolute atomic E-state index is 13.2. The van der Waals surface area contributed by atoms with Crippen molar-refractivity contribution in [3.63, 3.8) is 0 Å². The van der Waals surface area contributed by atoms with Crippen LogP contribution in [0.25, 0.3) is 22.2 Å². The van der Waals surface area contributed by atoms with Crippen LogP contribution in [0.4, 0.5) is 11.6 Å². The van der Waals surface area contributed by atoms with Crippen LogP contribution in [-0.4, -0.2) is 73.4 Å². The summed E-state index contributed by atoms with van der Waals surface area (Å²) in [4.78, 5) is 40.7. The summed E-state index contributed by atoms with van der Waals surface area (Å²) in [6.07, 6.45) is 7.07. The van der Waals surface area contributed by atoms with Gasteiger partial charge in [0.25, 0.3) is 0 Å². The summed E-state index contributed by atoms with van der Waals surface area (Å²) in [6.45, 7) is 14.5. The van der Waals surface area contributed by atoms with Crippen LogP contribution in [0.15, 0.2) is 55.1 Å². The Morgan fingerprint density at radius 1 is 0.974 bits per heavy atom. The average molecular weight is 525 g/mol. The van der Waals surface area contributed by atoms with Gasteiger partial charge in [-0.3, -0.25) is 14.7 Å². The molecule has 4 heterocycles. The molecule has 0 radical (unpaired) electrons. The number of Topliss-reactive ketones (excluding diaryl/α,β-unsaturated/α-hetero) is 1. The summed E-state index contributed by atoms with van der Waals surface area (Å²) >= 11 is 0. The normalized spacial score (nSPS) is 14.7. The highest BCUT2D eigenvalue weighted by Gasteiger charge is 2.21. The molecule has 0 aliphatic carbocycles. The third-order valence-electron chi connectivity index (χ3n) is 6.82. The average Bonchev–Trinajstić information content (AvgIpc) is 2.92. The Hall–Kier alpha value is -3.98. The number of piperazine rings is 1. The van der Waals surface area contributed by atoms with Gasteiger partial charge in [-0.1, -0.05) is 12.1 Å². The number of nitrogens with one attached hydrogen (secondary N) is 1. The number of rotatable bonds is 7. The van der Waals surface area contributed by atoms with Gasteiger partial charge in [-0.2, -0.15) is 0 Å². The Balaban J connectivity index is 1.32. The molecule has 9 heteroatoms. The Kier molecular flexibility index (Phi) is 7.52. The summed E-state index contributed by atoms with van der Waals surface area (Å²) in [6, 6.07) is 10.1. The van der Waals surface area contributed by atoms with Crippen molar-refractivity contribution in [2.45, 2.75) is 52.6 Å². The van der Waals surface area contributed by atoms with Crippen molar-refractivity contribution in [1.82, 2.24) is 29.8 Å². The maximum atomic E-state index is 13.2. The lowest BCUT2D eigenvalue weighted by Gasteiger charge is -2.37. The molecule has 3 aromatic heterocycles. The number of fused-ring (bicyclic) bond motifs is 1. The number of aromatic nitrogens is 5. The Bertz CT molecular complexity index is 1470. The summed E-state index contributed by atoms with van der Waals surface area (Å²) in [5.41, 5.74) is 2.92. The van der Waals surface area contributed by atoms with E-state index in [9.17, 15) is 4.79 Å². The fourth-order valence-electron chi connectivity index (χ4n) is 4.73. The van der Waals surface area contributed by atoms with Gasteiger partial charge >= 0.3 is 0 Å². The smallest absolute Gasteiger partial charge is 0.170 e. The van der Waals surface area contributed by atoms with Crippen LogP contribution >= 0.6 is 0 Å². The Morgan fingerprint density at radius 3 is 2.51 bits per heavy atom. The van der Waals surface area contributed by atoms with E-state index >= 15 is 0 Å². The minimum Gasteiger partial charge on any atom is -0.364 e. The fourth-order valence-corrected chi connectivity index (χ4v) is 4.73. The maximum Gasteiger partial charge on any atom is 0.170 e. The number of pyridine rings is 1. The lowest BCUT2D eigenvalue weighted by molar-refractivity contribution is 0.0991. The topological polar surface area (TPSA) is 100 Å². The Morgan fingerprint density at radius 2 is 1.77 bits per heavy atom. The summed E-state index contributed by atoms with van der Waals surface area (Å²) < 4.78 is 0. The number of carbonyl (C=O) groups is 1. The van der Waals surface area contributed by atoms with E-state index in [1.54, 1.807) is 30.9 Å². The number of ketones is 1. The van der Waals surface area contributed by atoms with Crippen LogP contribution in [0.1, 0.15) is 50.8 Å². The van der Waals surface area contributed by atoms with Gasteiger partial charge in [0.15, 0.2) is 5.78 Å². The van der Waals surface area contributed by atoms with Crippen LogP contribution < -0.4 is 10.2 Å². The molecule has 4 aromatic rings. The van der Waals surface area contributed by atoms with E-state index in [0.717, 1.165) is 54.2 Å². The highest BCUT2D eigenvalue weighted by Crippen LogP contribution is 2.24. The molecular formula is C30H36N8O. The first-order valence-corrected chi connectivity index (χ1v) is 13.5. The zero-order valence-electron chi connectivity index (χ0n) is 23.3. The van der Waals surface area contributed by atoms with Gasteiger partial charge in [0.05, 0.1) is 30.0 Å². The highest BCUT2D eigenvalue weighted by atomic mass is 16.1. The van der Waals surface area contributed by atoms with E-state index in [0.29, 0.717) is 23.2 Å². The SMILES string of the molecule is CC(C)N1CCN(c2cc(C(=O)Cc3ncc4ccc(-c5cncc(NC(C)(C)C)n5)cc4n3)ccn2)CC1. The van der Waals surface area contributed by atoms with Crippen molar-refractivity contribution in [3.05, 3.63) is 66.5 Å². The third kappa shape index (κ3) is 6.54. The molecule has 5 rings (SSSR count). The first-order chi connectivity index (χ1) is 18.6. The largest absolute Gasteiger partial charge is 0.364 e. The summed E-state index contributed by atoms with van der Waals surface area (Å²) in [7, 11) is 0. The molecule has 0 unspecified atom stereocenters. The second-order valence-corrected chi connectivity index (χ2v) is 11.3. The molecule has 39 heavy (non-hydrogen) atoms. The molecule has 1 aliphatic rings. The van der Waals surface area contributed by atoms with Crippen molar-refractivity contribution >= 4 is 28.3 Å². The van der Waals surface area contributed by atoms with E-state index in [-0.39, 0.29) is 17.7 Å². The van der Waals surface area contributed by atoms with E-state index in [1.807, 2.05) is 24.3 Å². The molecule has 0 amide bonds. The molecule has 1 fully saturated rings. The van der Waals surface area contributed by atoms with E-state index < -0.39 is 0 Å². The van der Waals surface area contributed by atoms with Crippen LogP contribution in [-0.2, 0) is 6.42 Å². The lowest BCUT2D eigenvalue weighted by Crippen LogP contribution is -2.49. The first-order valence-electron chi connectivity index (χ1n) is 13.5. The molecule has 1 aliphatic heterocycles. The van der Waals surface area contributed by atoms with Gasteiger partial charge < -0.3 is 10.2 Å². The molecule has 0 bridgehead atoms. The standard InChI is InChI=1S/C30H36N8O/c1-20(2)37-10-12-38(13-11-37)29-15-22(8-9-32-29)26(39)16-27-33-17-23-7-6-21(14-24(23)34-27)25-18-31-19-28(35-25)36-30(3,4)5/h6-9,14-15,17-20H,10-13,16H2,1-5H3,(H,35,36). The molecule has 0 atom stereocenters. The fraction of sp³-hybridized carbons (Fsp3) is 0.400. The quantitative estimate of drug-likeness (QED) is 0.346. The van der Waals surface area contributed by atoms with Gasteiger partial charge in [-0.25, -0.2) is 19.9 Å². The number of anilines is 2. The van der Waals surface area contributed by atoms with Crippen LogP contribution in [0.2, 0.25) is 0 Å². The van der Waals surface area contributed by atoms with Crippen LogP contribution in [0.5, 0.6) is 0 Å². The molecule has 0 spiro atoms. The Labute approximate surface area is 229 Å². The third-order valence-corrected chi connectivity index (χ3v) is 6.82. The number of hydrogen-bond donors (Lipinski definition) is 1. The number of hydrogen-bond acceptors (Lipinski definition) is 9. The van der Waals surface area contributed by atoms with Gasteiger partial charge in [0.1, 0.15) is 17.5 Å². The van der Waals surface area contributed by atoms with Crippen molar-refractivity contribution in [1.29, 1.82) is 0 Å². The van der Waals surface area contributed by atoms with Crippen LogP contribution in [0.3, 0.4) is 0 Å². The van der Waals surface area contributed by atoms with E-state index in [4.69, 9.17) is 9.97 Å². The zero-order valence-corrected chi connectivity index (χ0v) is 23.3. The van der Waals surface area contributed by atoms with Crippen molar-refractivity contribution in [3.8, 4) is 11.3 Å². The van der Waals surface area contributed by atoms with Gasteiger partial charge in [-0.15, -0.1) is 0 Å². The van der Waals surface area contributed by atoms with E-state index in [2.05, 4.69) is 64.7 Å². The molecule has 202 valence electrons. The molecule has 9 nitrogen and oxygen atoms in total. The molecule has 1 saturated heterocycles. The molecule has 1 aromatic carbocycles. The van der Waals surface area contributed by atoms with Crippen molar-refractivity contribution in [2.75, 3.05) is 36.4 Å². The van der Waals surface area contributed by atoms with E-state index in [1.165, 1.54) is 0 Å². The minimum absolute atomic E-state index is 0.0261. The van der Waals surface area contributed by atoms with Gasteiger partial charge in [-0.05, 0) is 52.8 Å². The summed E-state index contributed by atoms with van der Waals surface area (Å²) in [5, 5.41) is 4.26. The lowest BCUT2D eigenvalue weighted by atomic mass is 10.1. The first kappa shape index (κ1) is 26.6. The second-order valence-electron chi connectivity index (χ2n) is 11.3. The molecule has 1 N–H and O–H groups in total. The minimum atomic E-state index is -0.121. The van der Waals surface area contributed by atoms with Gasteiger partial charge in [0.2, 0.25) is 0 Å². The van der Waals surface area contributed by atoms with Crippen molar-refractivity contribution in [2.24, 2.45) is 0 Å². The molecular weight excluding hydrogens is 488 g/mol. The second kappa shape index (κ2) is 11.0. The number of benzene rings is 1. The number of carbonyl (C=O) groups excluding carboxylic acids is 1. The predicted molar refractivity (Wildman–Crippen MR) is 155 cm³/mol. The summed E-state index contributed by atoms with van der Waals surface area (Å²) in [5.74, 6) is 2.02. The monoisotopic (exact) mass is 524 g/mol. The molecule has 0 saturated carbocycles. The predicted octanol–water partition coefficient (Wildman–Crippen LogP) is 4.65. The zero-order chi connectivity index (χ0) is 27.6. The van der Waals surface area contributed by atoms with Crippen molar-refractivity contribution < 1.29 is 4.79 Å². The highest BCUT2D eigenvalue weighted by molar-refractivity contribution is 5.98.